The largest absolute Gasteiger partial charge is 0.371 e. The number of ether oxygens (including phenoxy) is 1. The van der Waals surface area contributed by atoms with Gasteiger partial charge in [-0.1, -0.05) is 18.9 Å². The molecule has 0 aromatic carbocycles. The molecule has 3 aliphatic rings. The van der Waals surface area contributed by atoms with Crippen molar-refractivity contribution in [3.8, 4) is 0 Å². The maximum Gasteiger partial charge on any atom is 0.0892 e. The van der Waals surface area contributed by atoms with E-state index < -0.39 is 0 Å². The molecule has 1 aromatic rings. The highest BCUT2D eigenvalue weighted by atomic mass is 32.2. The molecule has 1 aliphatic carbocycles. The second kappa shape index (κ2) is 5.90. The summed E-state index contributed by atoms with van der Waals surface area (Å²) < 4.78 is 6.59. The summed E-state index contributed by atoms with van der Waals surface area (Å²) in [5, 5.41) is 0. The van der Waals surface area contributed by atoms with E-state index in [2.05, 4.69) is 21.6 Å². The summed E-state index contributed by atoms with van der Waals surface area (Å²) in [5.74, 6) is 1.16. The lowest BCUT2D eigenvalue weighted by molar-refractivity contribution is 0.0157. The summed E-state index contributed by atoms with van der Waals surface area (Å²) in [4.78, 5) is 7.06. The average Bonchev–Trinajstić information content (AvgIpc) is 3.14. The molecule has 0 N–H and O–H groups in total. The fourth-order valence-corrected chi connectivity index (χ4v) is 5.61. The summed E-state index contributed by atoms with van der Waals surface area (Å²) in [7, 11) is 0. The first kappa shape index (κ1) is 14.0. The van der Waals surface area contributed by atoms with Crippen LogP contribution in [0, 0.1) is 0 Å². The van der Waals surface area contributed by atoms with Crippen molar-refractivity contribution in [3.05, 3.63) is 30.1 Å². The Morgan fingerprint density at radius 2 is 2.14 bits per heavy atom. The maximum absolute atomic E-state index is 6.08. The van der Waals surface area contributed by atoms with Crippen LogP contribution in [0.5, 0.6) is 0 Å². The molecule has 3 fully saturated rings. The molecule has 3 heterocycles. The Morgan fingerprint density at radius 1 is 1.29 bits per heavy atom. The standard InChI is InChI=1S/C17H24N2OS/c1-2-7-15(6-1)19-12-17(13-19)9-16(11-21-17)20-10-14-5-3-4-8-18-14/h3-5,8,15-16H,1-2,6-7,9-13H2/t16-/m0/s1. The van der Waals surface area contributed by atoms with Crippen molar-refractivity contribution in [2.24, 2.45) is 0 Å². The van der Waals surface area contributed by atoms with Gasteiger partial charge in [0.25, 0.3) is 0 Å². The van der Waals surface area contributed by atoms with Crippen LogP contribution < -0.4 is 0 Å². The van der Waals surface area contributed by atoms with Crippen LogP contribution in [0.25, 0.3) is 0 Å². The molecule has 1 spiro atoms. The van der Waals surface area contributed by atoms with Gasteiger partial charge in [0.2, 0.25) is 0 Å². The second-order valence-corrected chi connectivity index (χ2v) is 8.28. The molecule has 2 saturated heterocycles. The molecular weight excluding hydrogens is 280 g/mol. The molecule has 114 valence electrons. The molecule has 0 amide bonds. The molecule has 0 radical (unpaired) electrons. The van der Waals surface area contributed by atoms with Gasteiger partial charge in [0, 0.05) is 35.8 Å². The van der Waals surface area contributed by atoms with Crippen LogP contribution in [0.2, 0.25) is 0 Å². The van der Waals surface area contributed by atoms with Gasteiger partial charge in [-0.2, -0.15) is 0 Å². The number of pyridine rings is 1. The molecule has 0 bridgehead atoms. The van der Waals surface area contributed by atoms with E-state index in [0.717, 1.165) is 17.5 Å². The third-order valence-corrected chi connectivity index (χ3v) is 6.77. The van der Waals surface area contributed by atoms with Gasteiger partial charge in [-0.05, 0) is 31.4 Å². The minimum Gasteiger partial charge on any atom is -0.371 e. The molecule has 4 rings (SSSR count). The van der Waals surface area contributed by atoms with Crippen LogP contribution in [0.4, 0.5) is 0 Å². The van der Waals surface area contributed by atoms with Gasteiger partial charge in [0.15, 0.2) is 0 Å². The first-order chi connectivity index (χ1) is 10.3. The van der Waals surface area contributed by atoms with Gasteiger partial charge in [-0.25, -0.2) is 0 Å². The molecule has 3 nitrogen and oxygen atoms in total. The van der Waals surface area contributed by atoms with Crippen molar-refractivity contribution < 1.29 is 4.74 Å². The molecule has 21 heavy (non-hydrogen) atoms. The molecule has 1 aromatic heterocycles. The summed E-state index contributed by atoms with van der Waals surface area (Å²) in [5.41, 5.74) is 1.05. The van der Waals surface area contributed by atoms with E-state index in [1.807, 2.05) is 24.4 Å². The fourth-order valence-electron chi connectivity index (χ4n) is 4.04. The van der Waals surface area contributed by atoms with Gasteiger partial charge in [-0.15, -0.1) is 11.8 Å². The lowest BCUT2D eigenvalue weighted by Crippen LogP contribution is -2.61. The van der Waals surface area contributed by atoms with Gasteiger partial charge in [0.1, 0.15) is 0 Å². The number of likely N-dealkylation sites (tertiary alicyclic amines) is 1. The van der Waals surface area contributed by atoms with Crippen molar-refractivity contribution in [3.63, 3.8) is 0 Å². The van der Waals surface area contributed by atoms with E-state index in [0.29, 0.717) is 17.5 Å². The highest BCUT2D eigenvalue weighted by Crippen LogP contribution is 2.48. The number of thioether (sulfide) groups is 1. The molecule has 0 unspecified atom stereocenters. The van der Waals surface area contributed by atoms with Crippen molar-refractivity contribution in [2.45, 2.75) is 55.6 Å². The molecule has 1 atom stereocenters. The lowest BCUT2D eigenvalue weighted by atomic mass is 9.91. The van der Waals surface area contributed by atoms with E-state index in [4.69, 9.17) is 4.74 Å². The van der Waals surface area contributed by atoms with E-state index in [1.165, 1.54) is 45.2 Å². The van der Waals surface area contributed by atoms with Crippen molar-refractivity contribution in [1.82, 2.24) is 9.88 Å². The van der Waals surface area contributed by atoms with Gasteiger partial charge >= 0.3 is 0 Å². The average molecular weight is 304 g/mol. The van der Waals surface area contributed by atoms with Crippen LogP contribution in [-0.2, 0) is 11.3 Å². The summed E-state index contributed by atoms with van der Waals surface area (Å²) in [6.45, 7) is 3.26. The summed E-state index contributed by atoms with van der Waals surface area (Å²) in [6, 6.07) is 6.92. The molecule has 4 heteroatoms. The van der Waals surface area contributed by atoms with Crippen molar-refractivity contribution in [1.29, 1.82) is 0 Å². The minimum absolute atomic E-state index is 0.419. The molecule has 1 saturated carbocycles. The van der Waals surface area contributed by atoms with Gasteiger partial charge < -0.3 is 4.74 Å². The highest BCUT2D eigenvalue weighted by Gasteiger charge is 2.51. The maximum atomic E-state index is 6.08. The zero-order valence-electron chi connectivity index (χ0n) is 12.5. The van der Waals surface area contributed by atoms with Crippen LogP contribution in [0.15, 0.2) is 24.4 Å². The minimum atomic E-state index is 0.419. The van der Waals surface area contributed by atoms with E-state index in [1.54, 1.807) is 0 Å². The third-order valence-electron chi connectivity index (χ3n) is 5.19. The lowest BCUT2D eigenvalue weighted by Gasteiger charge is -2.50. The first-order valence-corrected chi connectivity index (χ1v) is 9.21. The van der Waals surface area contributed by atoms with Crippen LogP contribution in [0.3, 0.4) is 0 Å². The van der Waals surface area contributed by atoms with Crippen LogP contribution >= 0.6 is 11.8 Å². The van der Waals surface area contributed by atoms with Gasteiger partial charge in [0.05, 0.1) is 18.4 Å². The Bertz CT molecular complexity index is 469. The monoisotopic (exact) mass is 304 g/mol. The molecular formula is C17H24N2OS. The summed E-state index contributed by atoms with van der Waals surface area (Å²) in [6.07, 6.45) is 9.24. The third kappa shape index (κ3) is 2.99. The number of aromatic nitrogens is 1. The Kier molecular flexibility index (Phi) is 3.94. The summed E-state index contributed by atoms with van der Waals surface area (Å²) >= 11 is 2.15. The predicted molar refractivity (Wildman–Crippen MR) is 86.4 cm³/mol. The SMILES string of the molecule is c1ccc(CO[C@@H]2CSC3(C2)CN(C2CCCC2)C3)nc1. The Hall–Kier alpha value is -0.580. The Balaban J connectivity index is 1.24. The van der Waals surface area contributed by atoms with E-state index in [-0.39, 0.29) is 0 Å². The van der Waals surface area contributed by atoms with E-state index >= 15 is 0 Å². The number of rotatable bonds is 4. The quantitative estimate of drug-likeness (QED) is 0.853. The van der Waals surface area contributed by atoms with Crippen molar-refractivity contribution in [2.75, 3.05) is 18.8 Å². The number of nitrogens with zero attached hydrogens (tertiary/aromatic N) is 2. The number of hydrogen-bond acceptors (Lipinski definition) is 4. The zero-order valence-corrected chi connectivity index (χ0v) is 13.4. The number of hydrogen-bond donors (Lipinski definition) is 0. The Morgan fingerprint density at radius 3 is 2.90 bits per heavy atom. The van der Waals surface area contributed by atoms with Crippen LogP contribution in [-0.4, -0.2) is 45.6 Å². The van der Waals surface area contributed by atoms with Crippen molar-refractivity contribution >= 4 is 11.8 Å². The molecule has 2 aliphatic heterocycles. The van der Waals surface area contributed by atoms with Crippen LogP contribution in [0.1, 0.15) is 37.8 Å². The van der Waals surface area contributed by atoms with Gasteiger partial charge in [-0.3, -0.25) is 9.88 Å². The smallest absolute Gasteiger partial charge is 0.0892 e. The fraction of sp³-hybridized carbons (Fsp3) is 0.706. The zero-order chi connectivity index (χ0) is 14.1. The normalized spacial score (nSPS) is 29.0. The first-order valence-electron chi connectivity index (χ1n) is 8.23. The topological polar surface area (TPSA) is 25.4 Å². The predicted octanol–water partition coefficient (Wildman–Crippen LogP) is 3.10. The highest BCUT2D eigenvalue weighted by molar-refractivity contribution is 8.01. The second-order valence-electron chi connectivity index (χ2n) is 6.80. The Labute approximate surface area is 131 Å². The van der Waals surface area contributed by atoms with E-state index in [9.17, 15) is 0 Å².